The number of hydrogen-bond acceptors (Lipinski definition) is 2. The van der Waals surface area contributed by atoms with Gasteiger partial charge in [0.15, 0.2) is 0 Å². The molecule has 3 heteroatoms. The highest BCUT2D eigenvalue weighted by atomic mass is 15.3. The van der Waals surface area contributed by atoms with Crippen molar-refractivity contribution in [1.29, 1.82) is 0 Å². The Labute approximate surface area is 122 Å². The number of aromatic nitrogens is 2. The van der Waals surface area contributed by atoms with Gasteiger partial charge in [-0.25, -0.2) is 0 Å². The van der Waals surface area contributed by atoms with Crippen molar-refractivity contribution in [3.63, 3.8) is 0 Å². The Kier molecular flexibility index (Phi) is 4.61. The molecule has 2 aromatic rings. The molecule has 0 amide bonds. The van der Waals surface area contributed by atoms with Gasteiger partial charge in [0.2, 0.25) is 0 Å². The molecule has 0 saturated carbocycles. The number of aryl methyl sites for hydroxylation is 4. The molecular formula is C17H25N3. The number of rotatable bonds is 5. The van der Waals surface area contributed by atoms with Crippen LogP contribution in [-0.4, -0.2) is 16.8 Å². The number of nitrogens with zero attached hydrogens (tertiary/aromatic N) is 2. The number of nitrogens with one attached hydrogen (secondary N) is 1. The molecule has 1 heterocycles. The summed E-state index contributed by atoms with van der Waals surface area (Å²) in [7, 11) is 2.02. The minimum absolute atomic E-state index is 0.198. The molecule has 108 valence electrons. The average molecular weight is 271 g/mol. The van der Waals surface area contributed by atoms with Gasteiger partial charge in [-0.3, -0.25) is 4.68 Å². The summed E-state index contributed by atoms with van der Waals surface area (Å²) in [6, 6.07) is 9.07. The van der Waals surface area contributed by atoms with Crippen molar-refractivity contribution in [2.45, 2.75) is 46.7 Å². The second-order valence-corrected chi connectivity index (χ2v) is 5.31. The van der Waals surface area contributed by atoms with Crippen LogP contribution in [0.25, 0.3) is 0 Å². The lowest BCUT2D eigenvalue weighted by Gasteiger charge is -2.20. The molecule has 0 bridgehead atoms. The van der Waals surface area contributed by atoms with E-state index in [4.69, 9.17) is 0 Å². The van der Waals surface area contributed by atoms with Gasteiger partial charge in [0.05, 0.1) is 17.4 Å². The fraction of sp³-hybridized carbons (Fsp3) is 0.471. The zero-order valence-electron chi connectivity index (χ0n) is 13.2. The highest BCUT2D eigenvalue weighted by Crippen LogP contribution is 2.26. The molecule has 1 aromatic heterocycles. The maximum atomic E-state index is 4.67. The zero-order valence-corrected chi connectivity index (χ0v) is 13.2. The summed E-state index contributed by atoms with van der Waals surface area (Å²) >= 11 is 0. The van der Waals surface area contributed by atoms with E-state index in [1.54, 1.807) is 0 Å². The second-order valence-electron chi connectivity index (χ2n) is 5.31. The van der Waals surface area contributed by atoms with E-state index in [2.05, 4.69) is 67.1 Å². The molecule has 1 unspecified atom stereocenters. The molecule has 1 atom stereocenters. The average Bonchev–Trinajstić information content (AvgIpc) is 2.85. The Morgan fingerprint density at radius 3 is 2.50 bits per heavy atom. The number of hydrogen-bond donors (Lipinski definition) is 1. The fourth-order valence-electron chi connectivity index (χ4n) is 2.76. The third-order valence-corrected chi connectivity index (χ3v) is 3.84. The first-order valence-electron chi connectivity index (χ1n) is 7.41. The molecule has 0 radical (unpaired) electrons. The summed E-state index contributed by atoms with van der Waals surface area (Å²) in [5.74, 6) is 0. The predicted octanol–water partition coefficient (Wildman–Crippen LogP) is 3.39. The van der Waals surface area contributed by atoms with E-state index < -0.39 is 0 Å². The SMILES string of the molecule is CCc1cc(C(NC)c2ccc(C)cc2C)n(CC)n1. The van der Waals surface area contributed by atoms with Gasteiger partial charge in [0.25, 0.3) is 0 Å². The van der Waals surface area contributed by atoms with Crippen molar-refractivity contribution in [3.05, 3.63) is 52.3 Å². The summed E-state index contributed by atoms with van der Waals surface area (Å²) in [6.07, 6.45) is 0.976. The third-order valence-electron chi connectivity index (χ3n) is 3.84. The van der Waals surface area contributed by atoms with Crippen LogP contribution >= 0.6 is 0 Å². The molecule has 0 aliphatic heterocycles. The van der Waals surface area contributed by atoms with E-state index in [0.717, 1.165) is 18.7 Å². The topological polar surface area (TPSA) is 29.9 Å². The summed E-state index contributed by atoms with van der Waals surface area (Å²) < 4.78 is 2.11. The molecule has 2 rings (SSSR count). The van der Waals surface area contributed by atoms with E-state index in [0.29, 0.717) is 0 Å². The van der Waals surface area contributed by atoms with Crippen LogP contribution < -0.4 is 5.32 Å². The van der Waals surface area contributed by atoms with Crippen LogP contribution in [0.1, 0.15) is 48.0 Å². The Hall–Kier alpha value is -1.61. The molecule has 0 spiro atoms. The number of benzene rings is 1. The van der Waals surface area contributed by atoms with Crippen molar-refractivity contribution in [1.82, 2.24) is 15.1 Å². The van der Waals surface area contributed by atoms with Crippen LogP contribution in [0.4, 0.5) is 0 Å². The van der Waals surface area contributed by atoms with Crippen molar-refractivity contribution in [3.8, 4) is 0 Å². The zero-order chi connectivity index (χ0) is 14.7. The van der Waals surface area contributed by atoms with Crippen LogP contribution in [0.2, 0.25) is 0 Å². The molecule has 0 aliphatic rings. The first kappa shape index (κ1) is 14.8. The van der Waals surface area contributed by atoms with Crippen LogP contribution in [0, 0.1) is 13.8 Å². The fourth-order valence-corrected chi connectivity index (χ4v) is 2.76. The summed E-state index contributed by atoms with van der Waals surface area (Å²) in [6.45, 7) is 9.51. The Bertz CT molecular complexity index is 584. The second kappa shape index (κ2) is 6.23. The normalized spacial score (nSPS) is 12.7. The first-order valence-corrected chi connectivity index (χ1v) is 7.41. The van der Waals surface area contributed by atoms with Crippen molar-refractivity contribution in [2.24, 2.45) is 0 Å². The smallest absolute Gasteiger partial charge is 0.0748 e. The van der Waals surface area contributed by atoms with Crippen molar-refractivity contribution in [2.75, 3.05) is 7.05 Å². The van der Waals surface area contributed by atoms with Crippen molar-refractivity contribution >= 4 is 0 Å². The summed E-state index contributed by atoms with van der Waals surface area (Å²) in [5, 5.41) is 8.11. The monoisotopic (exact) mass is 271 g/mol. The molecule has 0 fully saturated rings. The molecule has 1 aromatic carbocycles. The van der Waals surface area contributed by atoms with Gasteiger partial charge in [0.1, 0.15) is 0 Å². The molecular weight excluding hydrogens is 246 g/mol. The van der Waals surface area contributed by atoms with E-state index in [9.17, 15) is 0 Å². The maximum Gasteiger partial charge on any atom is 0.0748 e. The highest BCUT2D eigenvalue weighted by molar-refractivity contribution is 5.37. The van der Waals surface area contributed by atoms with Gasteiger partial charge in [-0.2, -0.15) is 5.10 Å². The lowest BCUT2D eigenvalue weighted by molar-refractivity contribution is 0.559. The van der Waals surface area contributed by atoms with Crippen LogP contribution in [0.3, 0.4) is 0 Å². The summed E-state index contributed by atoms with van der Waals surface area (Å²) in [5.41, 5.74) is 6.37. The van der Waals surface area contributed by atoms with E-state index >= 15 is 0 Å². The van der Waals surface area contributed by atoms with E-state index in [1.807, 2.05) is 7.05 Å². The molecule has 0 aliphatic carbocycles. The molecule has 20 heavy (non-hydrogen) atoms. The quantitative estimate of drug-likeness (QED) is 0.903. The Morgan fingerprint density at radius 1 is 1.20 bits per heavy atom. The van der Waals surface area contributed by atoms with Gasteiger partial charge >= 0.3 is 0 Å². The van der Waals surface area contributed by atoms with Crippen LogP contribution in [0.5, 0.6) is 0 Å². The van der Waals surface area contributed by atoms with Crippen LogP contribution in [-0.2, 0) is 13.0 Å². The molecule has 1 N–H and O–H groups in total. The predicted molar refractivity (Wildman–Crippen MR) is 84.1 cm³/mol. The minimum atomic E-state index is 0.198. The maximum absolute atomic E-state index is 4.67. The minimum Gasteiger partial charge on any atom is -0.308 e. The van der Waals surface area contributed by atoms with Gasteiger partial charge in [-0.1, -0.05) is 30.7 Å². The standard InChI is InChI=1S/C17H25N3/c1-6-14-11-16(20(7-2)19-14)17(18-5)15-9-8-12(3)10-13(15)4/h8-11,17-18H,6-7H2,1-5H3. The van der Waals surface area contributed by atoms with Crippen molar-refractivity contribution < 1.29 is 0 Å². The first-order chi connectivity index (χ1) is 9.60. The van der Waals surface area contributed by atoms with Gasteiger partial charge < -0.3 is 5.32 Å². The van der Waals surface area contributed by atoms with E-state index in [1.165, 1.54) is 22.4 Å². The van der Waals surface area contributed by atoms with Gasteiger partial charge in [0, 0.05) is 6.54 Å². The Balaban J connectivity index is 2.48. The lowest BCUT2D eigenvalue weighted by Crippen LogP contribution is -2.22. The van der Waals surface area contributed by atoms with Gasteiger partial charge in [-0.15, -0.1) is 0 Å². The van der Waals surface area contributed by atoms with Crippen LogP contribution in [0.15, 0.2) is 24.3 Å². The summed E-state index contributed by atoms with van der Waals surface area (Å²) in [4.78, 5) is 0. The molecule has 3 nitrogen and oxygen atoms in total. The van der Waals surface area contributed by atoms with E-state index in [-0.39, 0.29) is 6.04 Å². The molecule has 0 saturated heterocycles. The third kappa shape index (κ3) is 2.78. The van der Waals surface area contributed by atoms with Gasteiger partial charge in [-0.05, 0) is 51.4 Å². The largest absolute Gasteiger partial charge is 0.308 e. The Morgan fingerprint density at radius 2 is 1.95 bits per heavy atom. The lowest BCUT2D eigenvalue weighted by atomic mass is 9.97. The highest BCUT2D eigenvalue weighted by Gasteiger charge is 2.19.